The van der Waals surface area contributed by atoms with Crippen molar-refractivity contribution in [2.45, 2.75) is 52.3 Å². The summed E-state index contributed by atoms with van der Waals surface area (Å²) >= 11 is 0. The molecule has 0 spiro atoms. The van der Waals surface area contributed by atoms with Crippen LogP contribution in [0, 0.1) is 0 Å². The number of hydrogen-bond acceptors (Lipinski definition) is 5. The van der Waals surface area contributed by atoms with Crippen LogP contribution in [0.1, 0.15) is 39.7 Å². The predicted octanol–water partition coefficient (Wildman–Crippen LogP) is 4.23. The van der Waals surface area contributed by atoms with Crippen LogP contribution in [-0.2, 0) is 11.3 Å². The summed E-state index contributed by atoms with van der Waals surface area (Å²) in [6.45, 7) is 15.4. The van der Waals surface area contributed by atoms with E-state index in [1.54, 1.807) is 0 Å². The molecule has 3 aliphatic heterocycles. The average molecular weight is 463 g/mol. The molecule has 3 heterocycles. The van der Waals surface area contributed by atoms with Gasteiger partial charge in [-0.3, -0.25) is 4.90 Å². The lowest BCUT2D eigenvalue weighted by Crippen LogP contribution is -2.49. The fraction of sp³-hybridized carbons (Fsp3) is 0.536. The van der Waals surface area contributed by atoms with Gasteiger partial charge in [0.1, 0.15) is 5.60 Å². The van der Waals surface area contributed by atoms with Gasteiger partial charge in [-0.1, -0.05) is 36.4 Å². The molecular formula is C28H38N4O2. The highest BCUT2D eigenvalue weighted by Crippen LogP contribution is 2.39. The van der Waals surface area contributed by atoms with Gasteiger partial charge in [0.15, 0.2) is 0 Å². The van der Waals surface area contributed by atoms with Crippen molar-refractivity contribution in [1.29, 1.82) is 0 Å². The first kappa shape index (κ1) is 23.0. The number of carbonyl (C=O) groups is 1. The Balaban J connectivity index is 1.23. The summed E-state index contributed by atoms with van der Waals surface area (Å²) in [7, 11) is 0. The van der Waals surface area contributed by atoms with Gasteiger partial charge < -0.3 is 19.4 Å². The highest BCUT2D eigenvalue weighted by Gasteiger charge is 2.36. The summed E-state index contributed by atoms with van der Waals surface area (Å²) in [6.07, 6.45) is 5.60. The number of ether oxygens (including phenoxy) is 1. The Bertz CT molecular complexity index is 1010. The number of fused-ring (bicyclic) bond motifs is 2. The van der Waals surface area contributed by atoms with Crippen LogP contribution in [0.2, 0.25) is 0 Å². The SMILES string of the molecule is C[C@@H]1CN(Cc2ccccc2)CC2=C3CC=C(N4CCN(C(=O)OC(C)(C)C)CC4)C=C3CN21. The van der Waals surface area contributed by atoms with Crippen molar-refractivity contribution in [3.8, 4) is 0 Å². The third kappa shape index (κ3) is 4.88. The first-order valence-corrected chi connectivity index (χ1v) is 12.7. The second kappa shape index (κ2) is 9.14. The molecule has 2 fully saturated rings. The largest absolute Gasteiger partial charge is 0.444 e. The van der Waals surface area contributed by atoms with Crippen molar-refractivity contribution in [2.24, 2.45) is 0 Å². The standard InChI is InChI=1S/C28H38N4O2/c1-21-17-29(18-22-8-6-5-7-9-22)20-26-25-11-10-24(16-23(25)19-32(21)26)30-12-14-31(15-13-30)27(33)34-28(2,3)4/h5-10,16,21H,11-15,17-20H2,1-4H3/t21-/m1/s1. The highest BCUT2D eigenvalue weighted by molar-refractivity contribution is 5.68. The summed E-state index contributed by atoms with van der Waals surface area (Å²) < 4.78 is 5.55. The Morgan fingerprint density at radius 3 is 2.50 bits per heavy atom. The second-order valence-corrected chi connectivity index (χ2v) is 11.0. The maximum atomic E-state index is 12.4. The summed E-state index contributed by atoms with van der Waals surface area (Å²) in [4.78, 5) is 21.9. The zero-order valence-corrected chi connectivity index (χ0v) is 21.1. The molecule has 0 saturated carbocycles. The number of amides is 1. The van der Waals surface area contributed by atoms with Gasteiger partial charge in [-0.2, -0.15) is 0 Å². The molecule has 6 nitrogen and oxygen atoms in total. The molecule has 4 aliphatic rings. The summed E-state index contributed by atoms with van der Waals surface area (Å²) in [5.41, 5.74) is 6.79. The number of piperazine rings is 2. The Morgan fingerprint density at radius 2 is 1.79 bits per heavy atom. The van der Waals surface area contributed by atoms with E-state index in [0.29, 0.717) is 19.1 Å². The van der Waals surface area contributed by atoms with Gasteiger partial charge in [0.2, 0.25) is 0 Å². The minimum Gasteiger partial charge on any atom is -0.444 e. The third-order valence-electron chi connectivity index (χ3n) is 7.23. The molecule has 2 saturated heterocycles. The first-order valence-electron chi connectivity index (χ1n) is 12.7. The summed E-state index contributed by atoms with van der Waals surface area (Å²) in [6, 6.07) is 11.3. The van der Waals surface area contributed by atoms with Gasteiger partial charge in [-0.05, 0) is 56.9 Å². The molecular weight excluding hydrogens is 424 g/mol. The van der Waals surface area contributed by atoms with E-state index >= 15 is 0 Å². The molecule has 34 heavy (non-hydrogen) atoms. The maximum absolute atomic E-state index is 12.4. The van der Waals surface area contributed by atoms with Crippen molar-refractivity contribution >= 4 is 6.09 Å². The fourth-order valence-electron chi connectivity index (χ4n) is 5.57. The molecule has 0 radical (unpaired) electrons. The van der Waals surface area contributed by atoms with Crippen LogP contribution in [0.15, 0.2) is 65.0 Å². The molecule has 0 unspecified atom stereocenters. The van der Waals surface area contributed by atoms with Crippen molar-refractivity contribution in [1.82, 2.24) is 19.6 Å². The van der Waals surface area contributed by atoms with E-state index in [2.05, 4.69) is 64.1 Å². The van der Waals surface area contributed by atoms with E-state index in [9.17, 15) is 4.79 Å². The normalized spacial score (nSPS) is 23.4. The lowest BCUT2D eigenvalue weighted by Gasteiger charge is -2.41. The van der Waals surface area contributed by atoms with Crippen molar-refractivity contribution in [3.05, 3.63) is 70.6 Å². The Labute approximate surface area is 204 Å². The molecule has 1 aromatic rings. The Kier molecular flexibility index (Phi) is 6.19. The predicted molar refractivity (Wildman–Crippen MR) is 135 cm³/mol. The van der Waals surface area contributed by atoms with Crippen LogP contribution in [0.5, 0.6) is 0 Å². The maximum Gasteiger partial charge on any atom is 0.410 e. The van der Waals surface area contributed by atoms with Crippen LogP contribution in [0.25, 0.3) is 0 Å². The molecule has 0 bridgehead atoms. The van der Waals surface area contributed by atoms with E-state index in [1.165, 1.54) is 28.1 Å². The molecule has 1 aromatic carbocycles. The van der Waals surface area contributed by atoms with Gasteiger partial charge >= 0.3 is 6.09 Å². The zero-order valence-electron chi connectivity index (χ0n) is 21.1. The van der Waals surface area contributed by atoms with Gasteiger partial charge in [-0.25, -0.2) is 4.79 Å². The average Bonchev–Trinajstić information content (AvgIpc) is 3.17. The molecule has 6 heteroatoms. The molecule has 0 N–H and O–H groups in total. The molecule has 1 atom stereocenters. The Hall–Kier alpha value is -2.73. The smallest absolute Gasteiger partial charge is 0.410 e. The van der Waals surface area contributed by atoms with Crippen molar-refractivity contribution < 1.29 is 9.53 Å². The van der Waals surface area contributed by atoms with Gasteiger partial charge in [0.25, 0.3) is 0 Å². The van der Waals surface area contributed by atoms with E-state index in [-0.39, 0.29) is 6.09 Å². The minimum atomic E-state index is -0.448. The van der Waals surface area contributed by atoms with Crippen LogP contribution in [0.4, 0.5) is 4.79 Å². The van der Waals surface area contributed by atoms with Gasteiger partial charge in [-0.15, -0.1) is 0 Å². The first-order chi connectivity index (χ1) is 16.3. The number of benzene rings is 1. The number of nitrogens with zero attached hydrogens (tertiary/aromatic N) is 4. The van der Waals surface area contributed by atoms with Crippen molar-refractivity contribution in [2.75, 3.05) is 45.8 Å². The summed E-state index contributed by atoms with van der Waals surface area (Å²) in [5.74, 6) is 0. The molecule has 0 aromatic heterocycles. The number of carbonyl (C=O) groups excluding carboxylic acids is 1. The van der Waals surface area contributed by atoms with Gasteiger partial charge in [0.05, 0.1) is 0 Å². The quantitative estimate of drug-likeness (QED) is 0.672. The van der Waals surface area contributed by atoms with Gasteiger partial charge in [0, 0.05) is 69.8 Å². The van der Waals surface area contributed by atoms with Crippen LogP contribution in [0.3, 0.4) is 0 Å². The number of hydrogen-bond donors (Lipinski definition) is 0. The monoisotopic (exact) mass is 462 g/mol. The molecule has 182 valence electrons. The topological polar surface area (TPSA) is 39.3 Å². The lowest BCUT2D eigenvalue weighted by atomic mass is 9.96. The Morgan fingerprint density at radius 1 is 1.06 bits per heavy atom. The van der Waals surface area contributed by atoms with Crippen LogP contribution < -0.4 is 0 Å². The molecule has 5 rings (SSSR count). The van der Waals surface area contributed by atoms with Crippen LogP contribution in [-0.4, -0.2) is 83.1 Å². The van der Waals surface area contributed by atoms with E-state index in [1.807, 2.05) is 25.7 Å². The van der Waals surface area contributed by atoms with E-state index < -0.39 is 5.60 Å². The van der Waals surface area contributed by atoms with E-state index in [0.717, 1.165) is 45.7 Å². The van der Waals surface area contributed by atoms with Crippen molar-refractivity contribution in [3.63, 3.8) is 0 Å². The number of allylic oxidation sites excluding steroid dienone is 2. The molecule has 1 amide bonds. The highest BCUT2D eigenvalue weighted by atomic mass is 16.6. The second-order valence-electron chi connectivity index (χ2n) is 11.0. The van der Waals surface area contributed by atoms with E-state index in [4.69, 9.17) is 4.74 Å². The zero-order chi connectivity index (χ0) is 23.9. The molecule has 1 aliphatic carbocycles. The summed E-state index contributed by atoms with van der Waals surface area (Å²) in [5, 5.41) is 0. The lowest BCUT2D eigenvalue weighted by molar-refractivity contribution is 0.0171. The third-order valence-corrected chi connectivity index (χ3v) is 7.23. The fourth-order valence-corrected chi connectivity index (χ4v) is 5.57. The van der Waals surface area contributed by atoms with Crippen LogP contribution >= 0.6 is 0 Å². The number of rotatable bonds is 3. The minimum absolute atomic E-state index is 0.197.